The van der Waals surface area contributed by atoms with Crippen molar-refractivity contribution >= 4 is 0 Å². The molecule has 1 aliphatic carbocycles. The molecule has 2 fully saturated rings. The maximum atomic E-state index is 4.41. The topological polar surface area (TPSA) is 6.48 Å². The number of rotatable bonds is 2. The molecule has 16 heavy (non-hydrogen) atoms. The maximum Gasteiger partial charge on any atom is 0.0303 e. The summed E-state index contributed by atoms with van der Waals surface area (Å²) in [7, 11) is 2.21. The van der Waals surface area contributed by atoms with E-state index in [0.717, 1.165) is 0 Å². The monoisotopic (exact) mass is 222 g/mol. The average molecular weight is 222 g/mol. The Bertz CT molecular complexity index is 245. The van der Waals surface area contributed by atoms with Gasteiger partial charge >= 0.3 is 0 Å². The van der Waals surface area contributed by atoms with E-state index in [1.54, 1.807) is 0 Å². The number of allylic oxidation sites excluding steroid dienone is 1. The number of piperazine rings is 1. The predicted molar refractivity (Wildman–Crippen MR) is 69.4 cm³/mol. The second-order valence-corrected chi connectivity index (χ2v) is 5.86. The van der Waals surface area contributed by atoms with Crippen molar-refractivity contribution in [2.75, 3.05) is 33.2 Å². The van der Waals surface area contributed by atoms with E-state index in [9.17, 15) is 0 Å². The summed E-state index contributed by atoms with van der Waals surface area (Å²) < 4.78 is 0. The summed E-state index contributed by atoms with van der Waals surface area (Å²) in [6.45, 7) is 11.6. The molecule has 0 aromatic heterocycles. The molecule has 2 aliphatic rings. The van der Waals surface area contributed by atoms with Crippen LogP contribution in [0.1, 0.15) is 39.0 Å². The van der Waals surface area contributed by atoms with Gasteiger partial charge in [-0.15, -0.1) is 0 Å². The molecule has 1 saturated heterocycles. The van der Waals surface area contributed by atoms with E-state index in [1.165, 1.54) is 64.0 Å². The van der Waals surface area contributed by atoms with Gasteiger partial charge in [0.2, 0.25) is 0 Å². The van der Waals surface area contributed by atoms with E-state index in [-0.39, 0.29) is 0 Å². The quantitative estimate of drug-likeness (QED) is 0.709. The zero-order chi connectivity index (χ0) is 11.6. The third-order valence-corrected chi connectivity index (χ3v) is 4.54. The second kappa shape index (κ2) is 4.79. The van der Waals surface area contributed by atoms with Crippen molar-refractivity contribution in [3.05, 3.63) is 12.3 Å². The van der Waals surface area contributed by atoms with Crippen LogP contribution in [0.3, 0.4) is 0 Å². The maximum absolute atomic E-state index is 4.41. The van der Waals surface area contributed by atoms with Crippen molar-refractivity contribution < 1.29 is 0 Å². The fraction of sp³-hybridized carbons (Fsp3) is 0.857. The van der Waals surface area contributed by atoms with Gasteiger partial charge < -0.3 is 9.80 Å². The highest BCUT2D eigenvalue weighted by Gasteiger charge is 2.33. The van der Waals surface area contributed by atoms with Gasteiger partial charge in [0.05, 0.1) is 0 Å². The number of hydrogen-bond acceptors (Lipinski definition) is 2. The molecule has 92 valence electrons. The van der Waals surface area contributed by atoms with Crippen molar-refractivity contribution in [2.45, 2.75) is 39.0 Å². The first-order valence-corrected chi connectivity index (χ1v) is 6.75. The van der Waals surface area contributed by atoms with E-state index in [0.29, 0.717) is 5.41 Å². The molecule has 0 spiro atoms. The van der Waals surface area contributed by atoms with Crippen molar-refractivity contribution in [3.63, 3.8) is 0 Å². The summed E-state index contributed by atoms with van der Waals surface area (Å²) in [5.41, 5.74) is 1.81. The molecule has 0 N–H and O–H groups in total. The van der Waals surface area contributed by atoms with Gasteiger partial charge in [0.1, 0.15) is 0 Å². The van der Waals surface area contributed by atoms with Crippen molar-refractivity contribution in [1.82, 2.24) is 9.80 Å². The van der Waals surface area contributed by atoms with Crippen molar-refractivity contribution in [2.24, 2.45) is 5.41 Å². The summed E-state index contributed by atoms with van der Waals surface area (Å²) in [6, 6.07) is 0. The van der Waals surface area contributed by atoms with Crippen LogP contribution in [0.2, 0.25) is 0 Å². The van der Waals surface area contributed by atoms with Crippen LogP contribution in [0.25, 0.3) is 0 Å². The molecule has 0 atom stereocenters. The van der Waals surface area contributed by atoms with E-state index >= 15 is 0 Å². The molecule has 0 aromatic rings. The Labute approximate surface area is 100 Å². The molecule has 0 radical (unpaired) electrons. The second-order valence-electron chi connectivity index (χ2n) is 5.86. The summed E-state index contributed by atoms with van der Waals surface area (Å²) in [6.07, 6.45) is 6.90. The third kappa shape index (κ3) is 2.42. The highest BCUT2D eigenvalue weighted by molar-refractivity contribution is 5.10. The summed E-state index contributed by atoms with van der Waals surface area (Å²) in [5.74, 6) is 0. The van der Waals surface area contributed by atoms with Crippen LogP contribution < -0.4 is 0 Å². The van der Waals surface area contributed by atoms with Gasteiger partial charge in [-0.1, -0.05) is 32.8 Å². The van der Waals surface area contributed by atoms with Crippen molar-refractivity contribution in [1.29, 1.82) is 0 Å². The zero-order valence-corrected chi connectivity index (χ0v) is 11.0. The van der Waals surface area contributed by atoms with Gasteiger partial charge in [-0.05, 0) is 19.9 Å². The van der Waals surface area contributed by atoms with E-state index in [4.69, 9.17) is 0 Å². The molecule has 1 aliphatic heterocycles. The van der Waals surface area contributed by atoms with Crippen LogP contribution in [0.4, 0.5) is 0 Å². The molecule has 2 heteroatoms. The molecule has 0 unspecified atom stereocenters. The summed E-state index contributed by atoms with van der Waals surface area (Å²) in [5, 5.41) is 0. The largest absolute Gasteiger partial charge is 0.372 e. The Kier molecular flexibility index (Phi) is 3.58. The van der Waals surface area contributed by atoms with Gasteiger partial charge in [-0.2, -0.15) is 0 Å². The highest BCUT2D eigenvalue weighted by Crippen LogP contribution is 2.42. The molecule has 1 saturated carbocycles. The molecule has 2 nitrogen and oxygen atoms in total. The lowest BCUT2D eigenvalue weighted by Crippen LogP contribution is -2.46. The molecule has 0 amide bonds. The Morgan fingerprint density at radius 3 is 2.12 bits per heavy atom. The van der Waals surface area contributed by atoms with Crippen LogP contribution in [-0.2, 0) is 0 Å². The lowest BCUT2D eigenvalue weighted by molar-refractivity contribution is 0.133. The average Bonchev–Trinajstić information content (AvgIpc) is 2.30. The molecule has 1 heterocycles. The highest BCUT2D eigenvalue weighted by atomic mass is 15.3. The van der Waals surface area contributed by atoms with Gasteiger partial charge in [0, 0.05) is 37.3 Å². The van der Waals surface area contributed by atoms with Crippen LogP contribution >= 0.6 is 0 Å². The smallest absolute Gasteiger partial charge is 0.0303 e. The molecule has 0 bridgehead atoms. The Balaban J connectivity index is 1.95. The van der Waals surface area contributed by atoms with Crippen LogP contribution in [0.15, 0.2) is 12.3 Å². The minimum atomic E-state index is 0.397. The molecule has 2 rings (SSSR count). The van der Waals surface area contributed by atoms with Crippen LogP contribution in [0, 0.1) is 5.41 Å². The number of nitrogens with zero attached hydrogens (tertiary/aromatic N) is 2. The Hall–Kier alpha value is -0.500. The lowest BCUT2D eigenvalue weighted by atomic mass is 9.73. The minimum Gasteiger partial charge on any atom is -0.372 e. The van der Waals surface area contributed by atoms with E-state index in [1.807, 2.05) is 0 Å². The van der Waals surface area contributed by atoms with Crippen molar-refractivity contribution in [3.8, 4) is 0 Å². The van der Waals surface area contributed by atoms with E-state index < -0.39 is 0 Å². The van der Waals surface area contributed by atoms with Gasteiger partial charge in [0.25, 0.3) is 0 Å². The standard InChI is InChI=1S/C14H26N2/c1-13(14(2)7-5-4-6-8-14)16-11-9-15(3)10-12-16/h1,4-12H2,2-3H3. The fourth-order valence-electron chi connectivity index (χ4n) is 3.08. The predicted octanol–water partition coefficient (Wildman–Crippen LogP) is 2.72. The summed E-state index contributed by atoms with van der Waals surface area (Å²) in [4.78, 5) is 4.94. The van der Waals surface area contributed by atoms with Gasteiger partial charge in [-0.25, -0.2) is 0 Å². The minimum absolute atomic E-state index is 0.397. The van der Waals surface area contributed by atoms with Gasteiger partial charge in [-0.3, -0.25) is 0 Å². The number of likely N-dealkylation sites (N-methyl/N-ethyl adjacent to an activating group) is 1. The van der Waals surface area contributed by atoms with Crippen LogP contribution in [0.5, 0.6) is 0 Å². The lowest BCUT2D eigenvalue weighted by Gasteiger charge is -2.44. The van der Waals surface area contributed by atoms with E-state index in [2.05, 4.69) is 30.4 Å². The number of hydrogen-bond donors (Lipinski definition) is 0. The first-order valence-electron chi connectivity index (χ1n) is 6.75. The van der Waals surface area contributed by atoms with Crippen LogP contribution in [-0.4, -0.2) is 43.0 Å². The van der Waals surface area contributed by atoms with Gasteiger partial charge in [0.15, 0.2) is 0 Å². The molecular weight excluding hydrogens is 196 g/mol. The SMILES string of the molecule is C=C(N1CCN(C)CC1)C1(C)CCCCC1. The summed E-state index contributed by atoms with van der Waals surface area (Å²) >= 11 is 0. The Morgan fingerprint density at radius 2 is 1.56 bits per heavy atom. The molecular formula is C14H26N2. The molecule has 0 aromatic carbocycles. The fourth-order valence-corrected chi connectivity index (χ4v) is 3.08. The zero-order valence-electron chi connectivity index (χ0n) is 11.0. The Morgan fingerprint density at radius 1 is 1.00 bits per heavy atom. The first kappa shape index (κ1) is 12.0. The normalized spacial score (nSPS) is 26.8. The first-order chi connectivity index (χ1) is 7.62. The third-order valence-electron chi connectivity index (χ3n) is 4.54.